The molecule has 0 aliphatic carbocycles. The van der Waals surface area contributed by atoms with Crippen LogP contribution in [-0.2, 0) is 17.8 Å². The molecule has 0 radical (unpaired) electrons. The van der Waals surface area contributed by atoms with Crippen LogP contribution in [0.5, 0.6) is 0 Å². The Morgan fingerprint density at radius 3 is 1.40 bits per heavy atom. The number of ether oxygens (including phenoxy) is 1. The van der Waals surface area contributed by atoms with Crippen molar-refractivity contribution < 1.29 is 4.74 Å². The first-order valence-electron chi connectivity index (χ1n) is 12.5. The second-order valence-electron chi connectivity index (χ2n) is 9.69. The first kappa shape index (κ1) is 24.8. The van der Waals surface area contributed by atoms with Gasteiger partial charge in [-0.05, 0) is 23.0 Å². The summed E-state index contributed by atoms with van der Waals surface area (Å²) >= 11 is 0. The maximum atomic E-state index is 5.87. The summed E-state index contributed by atoms with van der Waals surface area (Å²) in [5, 5.41) is 17.6. The maximum absolute atomic E-state index is 5.87. The zero-order valence-corrected chi connectivity index (χ0v) is 21.2. The van der Waals surface area contributed by atoms with Crippen LogP contribution in [-0.4, -0.2) is 43.2 Å². The minimum Gasteiger partial charge on any atom is -0.378 e. The molecule has 2 heterocycles. The summed E-state index contributed by atoms with van der Waals surface area (Å²) < 4.78 is 9.61. The van der Waals surface area contributed by atoms with Crippen molar-refractivity contribution in [3.8, 4) is 0 Å². The quantitative estimate of drug-likeness (QED) is 0.266. The van der Waals surface area contributed by atoms with Gasteiger partial charge >= 0.3 is 0 Å². The lowest BCUT2D eigenvalue weighted by Gasteiger charge is -2.18. The van der Waals surface area contributed by atoms with E-state index in [9.17, 15) is 0 Å². The second-order valence-corrected chi connectivity index (χ2v) is 9.69. The van der Waals surface area contributed by atoms with Crippen LogP contribution < -0.4 is 0 Å². The lowest BCUT2D eigenvalue weighted by molar-refractivity contribution is 0.113. The van der Waals surface area contributed by atoms with Crippen molar-refractivity contribution >= 4 is 0 Å². The highest BCUT2D eigenvalue weighted by atomic mass is 16.5. The molecule has 0 saturated carbocycles. The van der Waals surface area contributed by atoms with Gasteiger partial charge in [-0.1, -0.05) is 98.8 Å². The van der Waals surface area contributed by atoms with Gasteiger partial charge in [0, 0.05) is 24.2 Å². The van der Waals surface area contributed by atoms with Gasteiger partial charge in [0.25, 0.3) is 0 Å². The van der Waals surface area contributed by atoms with E-state index in [1.165, 1.54) is 11.1 Å². The molecule has 4 rings (SSSR count). The van der Waals surface area contributed by atoms with Crippen LogP contribution in [0, 0.1) is 11.8 Å². The largest absolute Gasteiger partial charge is 0.378 e. The highest BCUT2D eigenvalue weighted by Crippen LogP contribution is 2.31. The van der Waals surface area contributed by atoms with Crippen molar-refractivity contribution in [2.75, 3.05) is 13.2 Å². The number of benzene rings is 2. The lowest BCUT2D eigenvalue weighted by Crippen LogP contribution is -2.12. The SMILES string of the molecule is CC(C)[C@H](c1ccccc1)c1cn(CCOCCn2cc([C@H](c3ccccc3)C(C)C)nn2)nn1. The molecule has 0 fully saturated rings. The molecule has 0 aliphatic heterocycles. The van der Waals surface area contributed by atoms with E-state index in [-0.39, 0.29) is 11.8 Å². The number of rotatable bonds is 12. The summed E-state index contributed by atoms with van der Waals surface area (Å²) in [6, 6.07) is 21.0. The van der Waals surface area contributed by atoms with E-state index < -0.39 is 0 Å². The third kappa shape index (κ3) is 6.42. The number of aromatic nitrogens is 6. The van der Waals surface area contributed by atoms with Crippen LogP contribution in [0.3, 0.4) is 0 Å². The third-order valence-electron chi connectivity index (χ3n) is 6.33. The maximum Gasteiger partial charge on any atom is 0.0904 e. The molecule has 2 atom stereocenters. The topological polar surface area (TPSA) is 70.7 Å². The Bertz CT molecular complexity index is 1060. The monoisotopic (exact) mass is 472 g/mol. The minimum atomic E-state index is 0.234. The number of hydrogen-bond acceptors (Lipinski definition) is 5. The van der Waals surface area contributed by atoms with E-state index in [1.54, 1.807) is 0 Å². The van der Waals surface area contributed by atoms with Crippen molar-refractivity contribution in [3.63, 3.8) is 0 Å². The molecule has 2 aromatic carbocycles. The van der Waals surface area contributed by atoms with Crippen molar-refractivity contribution in [1.29, 1.82) is 0 Å². The molecule has 0 saturated heterocycles. The second kappa shape index (κ2) is 11.9. The molecule has 35 heavy (non-hydrogen) atoms. The normalized spacial score (nSPS) is 13.4. The van der Waals surface area contributed by atoms with Crippen molar-refractivity contribution in [2.24, 2.45) is 11.8 Å². The Morgan fingerprint density at radius 2 is 1.03 bits per heavy atom. The van der Waals surface area contributed by atoms with E-state index in [1.807, 2.05) is 33.9 Å². The Kier molecular flexibility index (Phi) is 8.42. The van der Waals surface area contributed by atoms with E-state index in [2.05, 4.69) is 96.9 Å². The minimum absolute atomic E-state index is 0.234. The van der Waals surface area contributed by atoms with Crippen LogP contribution in [0.15, 0.2) is 73.1 Å². The van der Waals surface area contributed by atoms with E-state index >= 15 is 0 Å². The van der Waals surface area contributed by atoms with E-state index in [0.717, 1.165) is 11.4 Å². The molecule has 0 unspecified atom stereocenters. The van der Waals surface area contributed by atoms with Crippen LogP contribution in [0.4, 0.5) is 0 Å². The van der Waals surface area contributed by atoms with Crippen molar-refractivity contribution in [1.82, 2.24) is 30.0 Å². The highest BCUT2D eigenvalue weighted by molar-refractivity contribution is 5.28. The molecule has 184 valence electrons. The van der Waals surface area contributed by atoms with Crippen LogP contribution in [0.25, 0.3) is 0 Å². The van der Waals surface area contributed by atoms with Gasteiger partial charge in [-0.2, -0.15) is 0 Å². The zero-order valence-electron chi connectivity index (χ0n) is 21.2. The molecule has 4 aromatic rings. The molecule has 0 amide bonds. The summed E-state index contributed by atoms with van der Waals surface area (Å²) in [5.41, 5.74) is 4.54. The van der Waals surface area contributed by atoms with E-state index in [0.29, 0.717) is 38.1 Å². The number of nitrogens with zero attached hydrogens (tertiary/aromatic N) is 6. The van der Waals surface area contributed by atoms with E-state index in [4.69, 9.17) is 4.74 Å². The Balaban J connectivity index is 1.26. The fraction of sp³-hybridized carbons (Fsp3) is 0.429. The zero-order chi connectivity index (χ0) is 24.6. The third-order valence-corrected chi connectivity index (χ3v) is 6.33. The lowest BCUT2D eigenvalue weighted by atomic mass is 9.86. The first-order chi connectivity index (χ1) is 17.0. The summed E-state index contributed by atoms with van der Waals surface area (Å²) in [6.07, 6.45) is 4.08. The van der Waals surface area contributed by atoms with Crippen molar-refractivity contribution in [2.45, 2.75) is 52.6 Å². The fourth-order valence-electron chi connectivity index (χ4n) is 4.66. The van der Waals surface area contributed by atoms with Crippen LogP contribution >= 0.6 is 0 Å². The fourth-order valence-corrected chi connectivity index (χ4v) is 4.66. The molecule has 0 N–H and O–H groups in total. The van der Waals surface area contributed by atoms with Gasteiger partial charge in [-0.15, -0.1) is 10.2 Å². The molecular formula is C28H36N6O. The van der Waals surface area contributed by atoms with Gasteiger partial charge in [-0.3, -0.25) is 0 Å². The highest BCUT2D eigenvalue weighted by Gasteiger charge is 2.22. The smallest absolute Gasteiger partial charge is 0.0904 e. The summed E-state index contributed by atoms with van der Waals surface area (Å²) in [6.45, 7) is 11.4. The molecular weight excluding hydrogens is 436 g/mol. The summed E-state index contributed by atoms with van der Waals surface area (Å²) in [4.78, 5) is 0. The number of hydrogen-bond donors (Lipinski definition) is 0. The van der Waals surface area contributed by atoms with Gasteiger partial charge in [0.1, 0.15) is 0 Å². The average Bonchev–Trinajstić information content (AvgIpc) is 3.50. The molecule has 0 spiro atoms. The van der Waals surface area contributed by atoms with Gasteiger partial charge in [-0.25, -0.2) is 9.36 Å². The van der Waals surface area contributed by atoms with Gasteiger partial charge in [0.05, 0.1) is 37.7 Å². The predicted octanol–water partition coefficient (Wildman–Crippen LogP) is 5.16. The standard InChI is InChI=1S/C28H36N6O/c1-21(2)27(23-11-7-5-8-12-23)25-19-33(31-29-25)15-17-35-18-16-34-20-26(30-32-34)28(22(3)4)24-13-9-6-10-14-24/h5-14,19-22,27-28H,15-18H2,1-4H3/t27-,28+. The molecule has 7 nitrogen and oxygen atoms in total. The van der Waals surface area contributed by atoms with Crippen LogP contribution in [0.2, 0.25) is 0 Å². The Labute approximate surface area is 208 Å². The predicted molar refractivity (Wildman–Crippen MR) is 137 cm³/mol. The van der Waals surface area contributed by atoms with Crippen LogP contribution in [0.1, 0.15) is 62.0 Å². The summed E-state index contributed by atoms with van der Waals surface area (Å²) in [7, 11) is 0. The molecule has 0 aliphatic rings. The van der Waals surface area contributed by atoms with Gasteiger partial charge in [0.2, 0.25) is 0 Å². The average molecular weight is 473 g/mol. The first-order valence-corrected chi connectivity index (χ1v) is 12.5. The van der Waals surface area contributed by atoms with Gasteiger partial charge in [0.15, 0.2) is 0 Å². The Morgan fingerprint density at radius 1 is 0.629 bits per heavy atom. The van der Waals surface area contributed by atoms with Gasteiger partial charge < -0.3 is 4.74 Å². The molecule has 0 bridgehead atoms. The van der Waals surface area contributed by atoms with Crippen molar-refractivity contribution in [3.05, 3.63) is 95.6 Å². The Hall–Kier alpha value is -3.32. The summed E-state index contributed by atoms with van der Waals surface area (Å²) in [5.74, 6) is 1.34. The molecule has 2 aromatic heterocycles. The molecule has 7 heteroatoms.